The normalized spacial score (nSPS) is 16.8. The highest BCUT2D eigenvalue weighted by molar-refractivity contribution is 8.02. The number of rotatable bonds is 8. The maximum Gasteiger partial charge on any atom is 0.335 e. The van der Waals surface area contributed by atoms with E-state index in [0.29, 0.717) is 16.5 Å². The predicted octanol–water partition coefficient (Wildman–Crippen LogP) is 3.11. The minimum Gasteiger partial charge on any atom is -0.469 e. The number of carbonyl (C=O) groups is 1. The highest BCUT2D eigenvalue weighted by Crippen LogP contribution is 2.23. The van der Waals surface area contributed by atoms with E-state index in [0.717, 1.165) is 10.1 Å². The van der Waals surface area contributed by atoms with Gasteiger partial charge < -0.3 is 14.8 Å². The second-order valence-corrected chi connectivity index (χ2v) is 9.74. The number of thioether (sulfide) groups is 1. The van der Waals surface area contributed by atoms with Crippen LogP contribution in [0.3, 0.4) is 0 Å². The highest BCUT2D eigenvalue weighted by atomic mass is 35.5. The number of aromatic amines is 1. The fourth-order valence-electron chi connectivity index (χ4n) is 3.67. The molecule has 1 aromatic heterocycles. The van der Waals surface area contributed by atoms with E-state index < -0.39 is 29.3 Å². The molecule has 2 aromatic carbocycles. The first-order valence-electron chi connectivity index (χ1n) is 11.4. The largest absolute Gasteiger partial charge is 0.469 e. The first-order chi connectivity index (χ1) is 17.8. The molecular formula is C25H26ClN5O5S. The summed E-state index contributed by atoms with van der Waals surface area (Å²) in [5.74, 6) is -0.622. The Labute approximate surface area is 221 Å². The van der Waals surface area contributed by atoms with E-state index in [4.69, 9.17) is 21.1 Å². The standard InChI is InChI=1S/C25H26ClN5O5S/c1-15(21(32)35-3)16(2)31-23(33)29-22(30(25(31)34)14-17-4-6-18(26)7-5-17)28-19-8-10-20(11-9-19)36-24-27-12-13-37-24/h4-13,15-16,24,27H,14H2,1-3H3,(H,28,29,33)/t15-,16+,24?/m1/s1. The van der Waals surface area contributed by atoms with Gasteiger partial charge >= 0.3 is 17.3 Å². The lowest BCUT2D eigenvalue weighted by Gasteiger charge is -2.20. The number of H-pyrrole nitrogens is 1. The third-order valence-electron chi connectivity index (χ3n) is 5.91. The summed E-state index contributed by atoms with van der Waals surface area (Å²) in [6, 6.07) is 13.2. The molecule has 4 rings (SSSR count). The zero-order valence-corrected chi connectivity index (χ0v) is 22.0. The Hall–Kier alpha value is -3.70. The minimum absolute atomic E-state index is 0.0602. The van der Waals surface area contributed by atoms with E-state index >= 15 is 0 Å². The Balaban J connectivity index is 1.76. The fourth-order valence-corrected chi connectivity index (χ4v) is 4.42. The van der Waals surface area contributed by atoms with Crippen LogP contribution < -0.4 is 27.1 Å². The van der Waals surface area contributed by atoms with Crippen LogP contribution in [0.1, 0.15) is 25.5 Å². The average Bonchev–Trinajstić information content (AvgIpc) is 3.40. The summed E-state index contributed by atoms with van der Waals surface area (Å²) in [7, 11) is 1.26. The molecule has 2 N–H and O–H groups in total. The van der Waals surface area contributed by atoms with Gasteiger partial charge in [0.05, 0.1) is 31.3 Å². The summed E-state index contributed by atoms with van der Waals surface area (Å²) in [5, 5.41) is 5.52. The number of halogens is 1. The summed E-state index contributed by atoms with van der Waals surface area (Å²) < 4.78 is 13.0. The third kappa shape index (κ3) is 6.17. The first kappa shape index (κ1) is 26.4. The van der Waals surface area contributed by atoms with E-state index in [2.05, 4.69) is 15.3 Å². The lowest BCUT2D eigenvalue weighted by Crippen LogP contribution is -2.52. The van der Waals surface area contributed by atoms with Crippen LogP contribution in [-0.2, 0) is 16.1 Å². The molecule has 12 heteroatoms. The summed E-state index contributed by atoms with van der Waals surface area (Å²) in [6.07, 6.45) is 1.81. The second kappa shape index (κ2) is 11.6. The molecule has 0 aliphatic carbocycles. The van der Waals surface area contributed by atoms with Crippen LogP contribution in [0.25, 0.3) is 0 Å². The SMILES string of the molecule is COC(=O)[C@H](C)[C@H](C)n1c(=O)[nH]/c(=N\c2ccc(OC3NC=CS3)cc2)n(Cc2ccc(Cl)cc2)c1=O. The van der Waals surface area contributed by atoms with Gasteiger partial charge in [-0.2, -0.15) is 0 Å². The van der Waals surface area contributed by atoms with Crippen LogP contribution in [0.4, 0.5) is 5.69 Å². The van der Waals surface area contributed by atoms with Crippen LogP contribution >= 0.6 is 23.4 Å². The van der Waals surface area contributed by atoms with Gasteiger partial charge in [0, 0.05) is 11.2 Å². The monoisotopic (exact) mass is 543 g/mol. The Bertz CT molecular complexity index is 1470. The van der Waals surface area contributed by atoms with Crippen molar-refractivity contribution >= 4 is 35.0 Å². The number of nitrogens with one attached hydrogen (secondary N) is 2. The van der Waals surface area contributed by atoms with Gasteiger partial charge in [-0.25, -0.2) is 19.1 Å². The number of esters is 1. The molecule has 3 aromatic rings. The van der Waals surface area contributed by atoms with E-state index in [-0.39, 0.29) is 17.7 Å². The van der Waals surface area contributed by atoms with Gasteiger partial charge in [-0.05, 0) is 61.2 Å². The molecule has 0 spiro atoms. The average molecular weight is 544 g/mol. The van der Waals surface area contributed by atoms with Crippen LogP contribution in [0.15, 0.2) is 74.7 Å². The van der Waals surface area contributed by atoms with Crippen molar-refractivity contribution < 1.29 is 14.3 Å². The van der Waals surface area contributed by atoms with Gasteiger partial charge in [-0.15, -0.1) is 0 Å². The molecule has 1 aliphatic heterocycles. The number of methoxy groups -OCH3 is 1. The van der Waals surface area contributed by atoms with Gasteiger partial charge in [-0.1, -0.05) is 35.5 Å². The van der Waals surface area contributed by atoms with Crippen molar-refractivity contribution in [3.63, 3.8) is 0 Å². The van der Waals surface area contributed by atoms with Crippen molar-refractivity contribution in [1.29, 1.82) is 0 Å². The molecule has 0 saturated carbocycles. The van der Waals surface area contributed by atoms with Crippen LogP contribution in [0, 0.1) is 5.92 Å². The molecule has 194 valence electrons. The molecule has 0 fully saturated rings. The summed E-state index contributed by atoms with van der Waals surface area (Å²) in [6.45, 7) is 3.33. The van der Waals surface area contributed by atoms with Gasteiger partial charge in [-0.3, -0.25) is 14.3 Å². The number of hydrogen-bond acceptors (Lipinski definition) is 8. The van der Waals surface area contributed by atoms with E-state index in [9.17, 15) is 14.4 Å². The molecular weight excluding hydrogens is 518 g/mol. The van der Waals surface area contributed by atoms with Gasteiger partial charge in [0.2, 0.25) is 11.2 Å². The van der Waals surface area contributed by atoms with Crippen molar-refractivity contribution in [2.45, 2.75) is 32.0 Å². The van der Waals surface area contributed by atoms with E-state index in [1.54, 1.807) is 62.4 Å². The van der Waals surface area contributed by atoms with Crippen molar-refractivity contribution in [3.8, 4) is 5.75 Å². The summed E-state index contributed by atoms with van der Waals surface area (Å²) >= 11 is 7.52. The van der Waals surface area contributed by atoms with E-state index in [1.165, 1.54) is 23.4 Å². The zero-order chi connectivity index (χ0) is 26.5. The maximum absolute atomic E-state index is 13.6. The van der Waals surface area contributed by atoms with Crippen molar-refractivity contribution in [2.24, 2.45) is 10.9 Å². The molecule has 37 heavy (non-hydrogen) atoms. The van der Waals surface area contributed by atoms with Crippen LogP contribution in [0.2, 0.25) is 5.02 Å². The Kier molecular flexibility index (Phi) is 8.24. The van der Waals surface area contributed by atoms with Crippen molar-refractivity contribution in [1.82, 2.24) is 19.4 Å². The number of benzene rings is 2. The molecule has 2 heterocycles. The smallest absolute Gasteiger partial charge is 0.335 e. The Morgan fingerprint density at radius 1 is 1.14 bits per heavy atom. The number of carbonyl (C=O) groups excluding carboxylic acids is 1. The molecule has 0 radical (unpaired) electrons. The number of hydrogen-bond donors (Lipinski definition) is 2. The zero-order valence-electron chi connectivity index (χ0n) is 20.4. The number of aromatic nitrogens is 3. The van der Waals surface area contributed by atoms with Crippen LogP contribution in [-0.4, -0.2) is 32.8 Å². The van der Waals surface area contributed by atoms with Crippen molar-refractivity contribution in [2.75, 3.05) is 7.11 Å². The molecule has 10 nitrogen and oxygen atoms in total. The molecule has 3 atom stereocenters. The molecule has 1 aliphatic rings. The summed E-state index contributed by atoms with van der Waals surface area (Å²) in [4.78, 5) is 46.0. The first-order valence-corrected chi connectivity index (χ1v) is 12.7. The van der Waals surface area contributed by atoms with Gasteiger partial charge in [0.25, 0.3) is 0 Å². The lowest BCUT2D eigenvalue weighted by atomic mass is 10.0. The van der Waals surface area contributed by atoms with Crippen molar-refractivity contribution in [3.05, 3.63) is 97.3 Å². The molecule has 0 bridgehead atoms. The Morgan fingerprint density at radius 2 is 1.84 bits per heavy atom. The van der Waals surface area contributed by atoms with Crippen LogP contribution in [0.5, 0.6) is 5.75 Å². The molecule has 0 saturated heterocycles. The van der Waals surface area contributed by atoms with Gasteiger partial charge in [0.15, 0.2) is 0 Å². The Morgan fingerprint density at radius 3 is 2.46 bits per heavy atom. The predicted molar refractivity (Wildman–Crippen MR) is 142 cm³/mol. The highest BCUT2D eigenvalue weighted by Gasteiger charge is 2.26. The summed E-state index contributed by atoms with van der Waals surface area (Å²) in [5.41, 5.74) is -0.165. The quantitative estimate of drug-likeness (QED) is 0.419. The maximum atomic E-state index is 13.6. The van der Waals surface area contributed by atoms with E-state index in [1.807, 2.05) is 11.6 Å². The minimum atomic E-state index is -0.762. The number of nitrogens with zero attached hydrogens (tertiary/aromatic N) is 3. The lowest BCUT2D eigenvalue weighted by molar-refractivity contribution is -0.146. The fraction of sp³-hybridized carbons (Fsp3) is 0.280. The van der Waals surface area contributed by atoms with Gasteiger partial charge in [0.1, 0.15) is 5.75 Å². The molecule has 0 amide bonds. The topological polar surface area (TPSA) is 120 Å². The molecule has 1 unspecified atom stereocenters. The third-order valence-corrected chi connectivity index (χ3v) is 6.93. The second-order valence-electron chi connectivity index (χ2n) is 8.33. The number of ether oxygens (including phenoxy) is 2.